The predicted octanol–water partition coefficient (Wildman–Crippen LogP) is 2.63. The number of hydrogen-bond donors (Lipinski definition) is 2. The molecule has 0 amide bonds. The predicted molar refractivity (Wildman–Crippen MR) is 74.8 cm³/mol. The Kier molecular flexibility index (Phi) is 3.80. The first-order valence-electron chi connectivity index (χ1n) is 5.84. The van der Waals surface area contributed by atoms with E-state index in [1.165, 1.54) is 10.9 Å². The lowest BCUT2D eigenvalue weighted by Crippen LogP contribution is -2.27. The first kappa shape index (κ1) is 13.5. The third kappa shape index (κ3) is 3.29. The summed E-state index contributed by atoms with van der Waals surface area (Å²) in [6.45, 7) is 4.99. The van der Waals surface area contributed by atoms with Crippen LogP contribution in [-0.2, 0) is 5.41 Å². The van der Waals surface area contributed by atoms with Gasteiger partial charge in [-0.2, -0.15) is 0 Å². The fourth-order valence-electron chi connectivity index (χ4n) is 1.60. The molecule has 2 heterocycles. The highest BCUT2D eigenvalue weighted by Gasteiger charge is 2.21. The number of anilines is 1. The van der Waals surface area contributed by atoms with Gasteiger partial charge in [-0.3, -0.25) is 0 Å². The summed E-state index contributed by atoms with van der Waals surface area (Å²) in [7, 11) is 0. The number of aromatic nitrogens is 2. The minimum absolute atomic E-state index is 0.0126. The number of rotatable bonds is 5. The number of nitrogens with zero attached hydrogens (tertiary/aromatic N) is 2. The third-order valence-electron chi connectivity index (χ3n) is 2.78. The van der Waals surface area contributed by atoms with E-state index in [2.05, 4.69) is 40.8 Å². The van der Waals surface area contributed by atoms with E-state index < -0.39 is 5.97 Å². The maximum absolute atomic E-state index is 10.7. The monoisotopic (exact) mass is 277 g/mol. The van der Waals surface area contributed by atoms with Crippen molar-refractivity contribution in [2.45, 2.75) is 19.3 Å². The number of nitrogens with one attached hydrogen (secondary N) is 1. The van der Waals surface area contributed by atoms with Gasteiger partial charge in [0, 0.05) is 16.8 Å². The van der Waals surface area contributed by atoms with E-state index in [9.17, 15) is 4.79 Å². The molecule has 0 bridgehead atoms. The largest absolute Gasteiger partial charge is 0.476 e. The Bertz CT molecular complexity index is 550. The molecule has 0 saturated carbocycles. The average Bonchev–Trinajstić information content (AvgIpc) is 2.91. The van der Waals surface area contributed by atoms with Crippen LogP contribution >= 0.6 is 11.3 Å². The second-order valence-electron chi connectivity index (χ2n) is 4.82. The summed E-state index contributed by atoms with van der Waals surface area (Å²) < 4.78 is 0. The second kappa shape index (κ2) is 5.36. The highest BCUT2D eigenvalue weighted by Crippen LogP contribution is 2.27. The Balaban J connectivity index is 2.00. The quantitative estimate of drug-likeness (QED) is 0.878. The van der Waals surface area contributed by atoms with Crippen molar-refractivity contribution in [2.75, 3.05) is 11.9 Å². The fourth-order valence-corrected chi connectivity index (χ4v) is 2.46. The van der Waals surface area contributed by atoms with Crippen molar-refractivity contribution in [1.29, 1.82) is 0 Å². The highest BCUT2D eigenvalue weighted by atomic mass is 32.1. The molecule has 2 aromatic rings. The third-order valence-corrected chi connectivity index (χ3v) is 4.02. The Hall–Kier alpha value is -1.95. The molecule has 2 aromatic heterocycles. The summed E-state index contributed by atoms with van der Waals surface area (Å²) in [4.78, 5) is 12.0. The van der Waals surface area contributed by atoms with E-state index >= 15 is 0 Å². The van der Waals surface area contributed by atoms with Crippen molar-refractivity contribution in [3.05, 3.63) is 40.2 Å². The van der Waals surface area contributed by atoms with Gasteiger partial charge in [-0.25, -0.2) is 4.79 Å². The molecule has 0 aromatic carbocycles. The topological polar surface area (TPSA) is 75.1 Å². The first-order valence-corrected chi connectivity index (χ1v) is 6.72. The van der Waals surface area contributed by atoms with E-state index in [0.29, 0.717) is 12.4 Å². The van der Waals surface area contributed by atoms with Crippen molar-refractivity contribution in [1.82, 2.24) is 10.2 Å². The zero-order chi connectivity index (χ0) is 13.9. The van der Waals surface area contributed by atoms with Crippen LogP contribution < -0.4 is 5.32 Å². The number of thiophene rings is 1. The van der Waals surface area contributed by atoms with Gasteiger partial charge in [0.25, 0.3) is 0 Å². The molecule has 2 rings (SSSR count). The molecule has 0 aliphatic heterocycles. The van der Waals surface area contributed by atoms with Gasteiger partial charge < -0.3 is 10.4 Å². The van der Waals surface area contributed by atoms with Crippen LogP contribution in [0.25, 0.3) is 0 Å². The van der Waals surface area contributed by atoms with Gasteiger partial charge >= 0.3 is 5.97 Å². The number of carboxylic acid groups (broad SMARTS) is 1. The summed E-state index contributed by atoms with van der Waals surface area (Å²) >= 11 is 1.72. The molecule has 19 heavy (non-hydrogen) atoms. The number of aromatic carboxylic acids is 1. The van der Waals surface area contributed by atoms with Gasteiger partial charge in [0.15, 0.2) is 5.69 Å². The molecule has 0 aliphatic carbocycles. The van der Waals surface area contributed by atoms with E-state index in [1.807, 2.05) is 6.07 Å². The zero-order valence-corrected chi connectivity index (χ0v) is 11.6. The normalized spacial score (nSPS) is 11.3. The van der Waals surface area contributed by atoms with Crippen LogP contribution in [0.5, 0.6) is 0 Å². The van der Waals surface area contributed by atoms with E-state index in [1.54, 1.807) is 17.4 Å². The van der Waals surface area contributed by atoms with E-state index in [4.69, 9.17) is 5.11 Å². The molecule has 100 valence electrons. The first-order chi connectivity index (χ1) is 8.99. The second-order valence-corrected chi connectivity index (χ2v) is 5.77. The lowest BCUT2D eigenvalue weighted by Gasteiger charge is -2.23. The smallest absolute Gasteiger partial charge is 0.356 e. The molecule has 0 spiro atoms. The molecule has 0 radical (unpaired) electrons. The van der Waals surface area contributed by atoms with Crippen LogP contribution in [0.3, 0.4) is 0 Å². The van der Waals surface area contributed by atoms with Crippen LogP contribution in [0.4, 0.5) is 5.82 Å². The Morgan fingerprint density at radius 3 is 2.68 bits per heavy atom. The molecule has 0 fully saturated rings. The molecule has 0 atom stereocenters. The highest BCUT2D eigenvalue weighted by molar-refractivity contribution is 7.10. The maximum atomic E-state index is 10.7. The lowest BCUT2D eigenvalue weighted by atomic mass is 9.91. The molecule has 0 unspecified atom stereocenters. The molecule has 2 N–H and O–H groups in total. The lowest BCUT2D eigenvalue weighted by molar-refractivity contribution is 0.0689. The molecule has 0 aliphatic rings. The zero-order valence-electron chi connectivity index (χ0n) is 10.8. The van der Waals surface area contributed by atoms with Crippen molar-refractivity contribution < 1.29 is 9.90 Å². The Morgan fingerprint density at radius 1 is 1.37 bits per heavy atom. The van der Waals surface area contributed by atoms with Crippen molar-refractivity contribution in [3.8, 4) is 0 Å². The van der Waals surface area contributed by atoms with Crippen molar-refractivity contribution in [3.63, 3.8) is 0 Å². The van der Waals surface area contributed by atoms with Crippen molar-refractivity contribution >= 4 is 23.1 Å². The standard InChI is InChI=1S/C13H15N3O2S/c1-13(2,10-4-3-7-19-10)8-14-11-6-5-9(12(17)18)15-16-11/h3-7H,8H2,1-2H3,(H,14,16)(H,17,18). The minimum atomic E-state index is -1.07. The molecule has 0 saturated heterocycles. The van der Waals surface area contributed by atoms with Gasteiger partial charge in [0.2, 0.25) is 0 Å². The van der Waals surface area contributed by atoms with Crippen molar-refractivity contribution in [2.24, 2.45) is 0 Å². The summed E-state index contributed by atoms with van der Waals surface area (Å²) in [5.41, 5.74) is -0.0653. The number of carbonyl (C=O) groups is 1. The van der Waals surface area contributed by atoms with Crippen LogP contribution in [0.2, 0.25) is 0 Å². The van der Waals surface area contributed by atoms with Gasteiger partial charge in [-0.05, 0) is 23.6 Å². The Labute approximate surface area is 115 Å². The molecular weight excluding hydrogens is 262 g/mol. The van der Waals surface area contributed by atoms with Crippen LogP contribution in [0.1, 0.15) is 29.2 Å². The summed E-state index contributed by atoms with van der Waals surface area (Å²) in [6.07, 6.45) is 0. The summed E-state index contributed by atoms with van der Waals surface area (Å²) in [5.74, 6) is -0.493. The summed E-state index contributed by atoms with van der Waals surface area (Å²) in [6, 6.07) is 7.20. The van der Waals surface area contributed by atoms with E-state index in [-0.39, 0.29) is 11.1 Å². The van der Waals surface area contributed by atoms with Crippen LogP contribution in [-0.4, -0.2) is 27.8 Å². The number of carboxylic acids is 1. The SMILES string of the molecule is CC(C)(CNc1ccc(C(=O)O)nn1)c1cccs1. The Morgan fingerprint density at radius 2 is 2.16 bits per heavy atom. The molecule has 6 heteroatoms. The summed E-state index contributed by atoms with van der Waals surface area (Å²) in [5, 5.41) is 21.4. The van der Waals surface area contributed by atoms with Gasteiger partial charge in [0.05, 0.1) is 0 Å². The van der Waals surface area contributed by atoms with Gasteiger partial charge in [-0.1, -0.05) is 19.9 Å². The minimum Gasteiger partial charge on any atom is -0.476 e. The number of hydrogen-bond acceptors (Lipinski definition) is 5. The van der Waals surface area contributed by atoms with Crippen LogP contribution in [0.15, 0.2) is 29.6 Å². The van der Waals surface area contributed by atoms with Gasteiger partial charge in [0.1, 0.15) is 5.82 Å². The van der Waals surface area contributed by atoms with Crippen LogP contribution in [0, 0.1) is 0 Å². The van der Waals surface area contributed by atoms with Gasteiger partial charge in [-0.15, -0.1) is 21.5 Å². The maximum Gasteiger partial charge on any atom is 0.356 e. The molecular formula is C13H15N3O2S. The van der Waals surface area contributed by atoms with E-state index in [0.717, 1.165) is 0 Å². The molecule has 5 nitrogen and oxygen atoms in total. The average molecular weight is 277 g/mol. The fraction of sp³-hybridized carbons (Fsp3) is 0.308.